The summed E-state index contributed by atoms with van der Waals surface area (Å²) in [5, 5.41) is 8.43. The van der Waals surface area contributed by atoms with Gasteiger partial charge in [-0.25, -0.2) is 0 Å². The molecule has 0 fully saturated rings. The van der Waals surface area contributed by atoms with E-state index in [0.29, 0.717) is 13.2 Å². The summed E-state index contributed by atoms with van der Waals surface area (Å²) < 4.78 is 9.05. The van der Waals surface area contributed by atoms with Crippen molar-refractivity contribution in [3.05, 3.63) is 0 Å². The molecule has 0 bridgehead atoms. The highest BCUT2D eigenvalue weighted by Gasteiger charge is 2.03. The molecule has 0 saturated carbocycles. The molecular weight excluding hydrogens is 200 g/mol. The van der Waals surface area contributed by atoms with Gasteiger partial charge in [0, 0.05) is 7.11 Å². The highest BCUT2D eigenvalue weighted by molar-refractivity contribution is 5.94. The van der Waals surface area contributed by atoms with Crippen molar-refractivity contribution < 1.29 is 24.2 Å². The lowest BCUT2D eigenvalue weighted by Gasteiger charge is -1.97. The van der Waals surface area contributed by atoms with Crippen molar-refractivity contribution >= 4 is 11.8 Å². The van der Waals surface area contributed by atoms with E-state index in [0.717, 1.165) is 0 Å². The Hall–Kier alpha value is -0.940. The van der Waals surface area contributed by atoms with Crippen molar-refractivity contribution in [3.8, 4) is 0 Å². The number of hydrogen-bond acceptors (Lipinski definition) is 5. The first-order chi connectivity index (χ1) is 6.93. The average molecular weight is 220 g/mol. The van der Waals surface area contributed by atoms with Gasteiger partial charge < -0.3 is 14.6 Å². The van der Waals surface area contributed by atoms with E-state index in [4.69, 9.17) is 5.11 Å². The Morgan fingerprint density at radius 2 is 1.93 bits per heavy atom. The number of ether oxygens (including phenoxy) is 2. The third-order valence-electron chi connectivity index (χ3n) is 1.11. The van der Waals surface area contributed by atoms with E-state index in [1.807, 2.05) is 0 Å². The molecule has 5 nitrogen and oxygen atoms in total. The molecule has 0 aliphatic carbocycles. The quantitative estimate of drug-likeness (QED) is 0.541. The first-order valence-electron chi connectivity index (χ1n) is 4.76. The van der Waals surface area contributed by atoms with Crippen LogP contribution in [0.5, 0.6) is 0 Å². The molecule has 0 aliphatic heterocycles. The zero-order valence-corrected chi connectivity index (χ0v) is 9.78. The first-order valence-corrected chi connectivity index (χ1v) is 4.76. The number of hydrogen-bond donors (Lipinski definition) is 1. The Kier molecular flexibility index (Phi) is 12.2. The van der Waals surface area contributed by atoms with Gasteiger partial charge in [-0.3, -0.25) is 9.59 Å². The Labute approximate surface area is 90.4 Å². The molecular formula is C10H20O5. The van der Waals surface area contributed by atoms with Crippen LogP contribution < -0.4 is 0 Å². The van der Waals surface area contributed by atoms with Gasteiger partial charge in [0.1, 0.15) is 12.2 Å². The molecule has 0 radical (unpaired) electrons. The van der Waals surface area contributed by atoms with Crippen molar-refractivity contribution in [2.24, 2.45) is 0 Å². The second-order valence-corrected chi connectivity index (χ2v) is 2.99. The summed E-state index contributed by atoms with van der Waals surface area (Å²) in [5.41, 5.74) is 0. The van der Waals surface area contributed by atoms with E-state index in [-0.39, 0.29) is 18.3 Å². The maximum atomic E-state index is 10.4. The number of aliphatic hydroxyl groups is 1. The van der Waals surface area contributed by atoms with Gasteiger partial charge in [-0.2, -0.15) is 0 Å². The van der Waals surface area contributed by atoms with Crippen molar-refractivity contribution in [2.45, 2.75) is 33.3 Å². The van der Waals surface area contributed by atoms with Crippen LogP contribution in [0.15, 0.2) is 0 Å². The van der Waals surface area contributed by atoms with Gasteiger partial charge >= 0.3 is 5.97 Å². The smallest absolute Gasteiger partial charge is 0.313 e. The number of methoxy groups -OCH3 is 1. The molecule has 0 aromatic carbocycles. The van der Waals surface area contributed by atoms with E-state index in [2.05, 4.69) is 9.47 Å². The second-order valence-electron chi connectivity index (χ2n) is 2.99. The van der Waals surface area contributed by atoms with Crippen LogP contribution in [-0.2, 0) is 19.1 Å². The minimum atomic E-state index is -0.440. The third kappa shape index (κ3) is 19.5. The summed E-state index contributed by atoms with van der Waals surface area (Å²) in [4.78, 5) is 20.6. The summed E-state index contributed by atoms with van der Waals surface area (Å²) in [6.45, 7) is 5.52. The van der Waals surface area contributed by atoms with Crippen molar-refractivity contribution in [1.29, 1.82) is 0 Å². The van der Waals surface area contributed by atoms with E-state index in [9.17, 15) is 9.59 Å². The summed E-state index contributed by atoms with van der Waals surface area (Å²) in [7, 11) is 1.56. The zero-order valence-electron chi connectivity index (χ0n) is 9.78. The summed E-state index contributed by atoms with van der Waals surface area (Å²) in [5.74, 6) is -0.599. The highest BCUT2D eigenvalue weighted by atomic mass is 16.5. The normalized spacial score (nSPS) is 11.0. The fourth-order valence-corrected chi connectivity index (χ4v) is 0.656. The van der Waals surface area contributed by atoms with Crippen LogP contribution in [0.3, 0.4) is 0 Å². The minimum Gasteiger partial charge on any atom is -0.466 e. The standard InChI is InChI=1S/C6H10O3.C4H10O2/c1-3-9-6(8)4-5(2)7;1-4(5)3-6-2/h3-4H2,1-2H3;4-5H,3H2,1-2H3. The van der Waals surface area contributed by atoms with Crippen LogP contribution in [0.25, 0.3) is 0 Å². The number of ketones is 1. The van der Waals surface area contributed by atoms with Crippen molar-refractivity contribution in [1.82, 2.24) is 0 Å². The first kappa shape index (κ1) is 16.5. The van der Waals surface area contributed by atoms with E-state index in [1.54, 1.807) is 21.0 Å². The molecule has 0 amide bonds. The van der Waals surface area contributed by atoms with Gasteiger partial charge in [0.2, 0.25) is 0 Å². The Morgan fingerprint density at radius 1 is 1.40 bits per heavy atom. The zero-order chi connectivity index (χ0) is 12.3. The number of rotatable bonds is 5. The molecule has 0 rings (SSSR count). The van der Waals surface area contributed by atoms with Crippen LogP contribution in [0, 0.1) is 0 Å². The van der Waals surface area contributed by atoms with Gasteiger partial charge in [-0.15, -0.1) is 0 Å². The molecule has 0 saturated heterocycles. The largest absolute Gasteiger partial charge is 0.466 e. The highest BCUT2D eigenvalue weighted by Crippen LogP contribution is 1.86. The molecule has 1 atom stereocenters. The van der Waals surface area contributed by atoms with Crippen LogP contribution >= 0.6 is 0 Å². The monoisotopic (exact) mass is 220 g/mol. The van der Waals surface area contributed by atoms with E-state index < -0.39 is 5.97 Å². The molecule has 1 N–H and O–H groups in total. The Bertz CT molecular complexity index is 177. The summed E-state index contributed by atoms with van der Waals surface area (Å²) in [6.07, 6.45) is -0.427. The molecule has 0 aromatic rings. The van der Waals surface area contributed by atoms with Crippen molar-refractivity contribution in [2.75, 3.05) is 20.3 Å². The summed E-state index contributed by atoms with van der Waals surface area (Å²) >= 11 is 0. The van der Waals surface area contributed by atoms with Gasteiger partial charge in [0.15, 0.2) is 0 Å². The average Bonchev–Trinajstić information content (AvgIpc) is 2.03. The molecule has 0 aromatic heterocycles. The number of aliphatic hydroxyl groups excluding tert-OH is 1. The lowest BCUT2D eigenvalue weighted by molar-refractivity contribution is -0.145. The molecule has 5 heteroatoms. The van der Waals surface area contributed by atoms with Crippen LogP contribution in [-0.4, -0.2) is 43.3 Å². The predicted molar refractivity (Wildman–Crippen MR) is 55.5 cm³/mol. The molecule has 0 heterocycles. The number of carbonyl (C=O) groups is 2. The number of Topliss-reactive ketones (excluding diaryl/α,β-unsaturated/α-hetero) is 1. The van der Waals surface area contributed by atoms with Gasteiger partial charge in [-0.05, 0) is 20.8 Å². The maximum absolute atomic E-state index is 10.4. The molecule has 0 spiro atoms. The van der Waals surface area contributed by atoms with Crippen molar-refractivity contribution in [3.63, 3.8) is 0 Å². The lowest BCUT2D eigenvalue weighted by Crippen LogP contribution is -2.07. The topological polar surface area (TPSA) is 72.8 Å². The lowest BCUT2D eigenvalue weighted by atomic mass is 10.3. The van der Waals surface area contributed by atoms with E-state index in [1.165, 1.54) is 6.92 Å². The molecule has 90 valence electrons. The fraction of sp³-hybridized carbons (Fsp3) is 0.800. The fourth-order valence-electron chi connectivity index (χ4n) is 0.656. The third-order valence-corrected chi connectivity index (χ3v) is 1.11. The minimum absolute atomic E-state index is 0.103. The SMILES string of the molecule is CCOC(=O)CC(C)=O.COCC(C)O. The number of carbonyl (C=O) groups excluding carboxylic acids is 2. The predicted octanol–water partition coefficient (Wildman–Crippen LogP) is 0.542. The second kappa shape index (κ2) is 11.1. The molecule has 1 unspecified atom stereocenters. The van der Waals surface area contributed by atoms with Crippen LogP contribution in [0.2, 0.25) is 0 Å². The van der Waals surface area contributed by atoms with Crippen LogP contribution in [0.4, 0.5) is 0 Å². The van der Waals surface area contributed by atoms with Gasteiger partial charge in [0.25, 0.3) is 0 Å². The van der Waals surface area contributed by atoms with Crippen LogP contribution in [0.1, 0.15) is 27.2 Å². The Morgan fingerprint density at radius 3 is 2.13 bits per heavy atom. The number of esters is 1. The van der Waals surface area contributed by atoms with Gasteiger partial charge in [0.05, 0.1) is 19.3 Å². The molecule has 15 heavy (non-hydrogen) atoms. The maximum Gasteiger partial charge on any atom is 0.313 e. The summed E-state index contributed by atoms with van der Waals surface area (Å²) in [6, 6.07) is 0. The van der Waals surface area contributed by atoms with Gasteiger partial charge in [-0.1, -0.05) is 0 Å². The molecule has 0 aliphatic rings. The van der Waals surface area contributed by atoms with E-state index >= 15 is 0 Å². The Balaban J connectivity index is 0.